The van der Waals surface area contributed by atoms with E-state index in [1.807, 2.05) is 19.9 Å². The minimum atomic E-state index is -1.01. The number of carbonyl (C=O) groups is 2. The average molecular weight is 467 g/mol. The van der Waals surface area contributed by atoms with Gasteiger partial charge in [0.05, 0.1) is 17.3 Å². The van der Waals surface area contributed by atoms with Gasteiger partial charge in [-0.15, -0.1) is 0 Å². The fourth-order valence-corrected chi connectivity index (χ4v) is 6.24. The smallest absolute Gasteiger partial charge is 0.255 e. The Balaban J connectivity index is 1.45. The van der Waals surface area contributed by atoms with Crippen LogP contribution >= 0.6 is 15.9 Å². The van der Waals surface area contributed by atoms with Crippen LogP contribution < -0.4 is 10.6 Å². The molecule has 4 fully saturated rings. The van der Waals surface area contributed by atoms with Crippen molar-refractivity contribution < 1.29 is 14.0 Å². The van der Waals surface area contributed by atoms with E-state index in [-0.39, 0.29) is 29.7 Å². The zero-order valence-corrected chi connectivity index (χ0v) is 18.6. The van der Waals surface area contributed by atoms with Gasteiger partial charge in [-0.2, -0.15) is 5.10 Å². The number of halogens is 2. The number of nitrogens with zero attached hydrogens (tertiary/aromatic N) is 2. The molecule has 8 heteroatoms. The second-order valence-electron chi connectivity index (χ2n) is 9.63. The summed E-state index contributed by atoms with van der Waals surface area (Å²) in [5.41, 5.74) is -1.09. The van der Waals surface area contributed by atoms with E-state index in [1.54, 1.807) is 10.9 Å². The Morgan fingerprint density at radius 2 is 1.97 bits per heavy atom. The third-order valence-corrected chi connectivity index (χ3v) is 7.40. The molecule has 4 saturated carbocycles. The van der Waals surface area contributed by atoms with E-state index in [0.29, 0.717) is 35.3 Å². The Morgan fingerprint density at radius 3 is 2.55 bits per heavy atom. The largest absolute Gasteiger partial charge is 0.349 e. The molecule has 158 valence electrons. The van der Waals surface area contributed by atoms with E-state index >= 15 is 0 Å². The SMILES string of the molecule is CC(=O)NC(C)(C)/C=C/n1ncc(C(=O)NC2C3CC4CC2CC(F)(C4)C3)c1Br. The van der Waals surface area contributed by atoms with Crippen molar-refractivity contribution in [3.8, 4) is 0 Å². The summed E-state index contributed by atoms with van der Waals surface area (Å²) in [5, 5.41) is 10.3. The van der Waals surface area contributed by atoms with E-state index in [2.05, 4.69) is 31.7 Å². The molecule has 6 nitrogen and oxygen atoms in total. The predicted octanol–water partition coefficient (Wildman–Crippen LogP) is 3.68. The first kappa shape index (κ1) is 20.6. The fraction of sp³-hybridized carbons (Fsp3) is 0.667. The number of alkyl halides is 1. The summed E-state index contributed by atoms with van der Waals surface area (Å²) in [5.74, 6) is 0.662. The first-order valence-corrected chi connectivity index (χ1v) is 11.1. The molecule has 1 aromatic rings. The van der Waals surface area contributed by atoms with E-state index in [1.165, 1.54) is 13.1 Å². The highest BCUT2D eigenvalue weighted by atomic mass is 79.9. The van der Waals surface area contributed by atoms with Gasteiger partial charge in [0.15, 0.2) is 0 Å². The summed E-state index contributed by atoms with van der Waals surface area (Å²) in [4.78, 5) is 24.2. The lowest BCUT2D eigenvalue weighted by atomic mass is 9.53. The summed E-state index contributed by atoms with van der Waals surface area (Å²) >= 11 is 3.46. The predicted molar refractivity (Wildman–Crippen MR) is 112 cm³/mol. The summed E-state index contributed by atoms with van der Waals surface area (Å²) in [6, 6.07) is 0.0485. The highest BCUT2D eigenvalue weighted by Crippen LogP contribution is 2.57. The van der Waals surface area contributed by atoms with Gasteiger partial charge in [0.1, 0.15) is 10.3 Å². The molecule has 0 saturated heterocycles. The molecule has 29 heavy (non-hydrogen) atoms. The van der Waals surface area contributed by atoms with Crippen LogP contribution in [0.15, 0.2) is 16.9 Å². The zero-order chi connectivity index (χ0) is 21.0. The highest BCUT2D eigenvalue weighted by molar-refractivity contribution is 9.10. The Labute approximate surface area is 178 Å². The van der Waals surface area contributed by atoms with Gasteiger partial charge in [0, 0.05) is 19.2 Å². The second-order valence-corrected chi connectivity index (χ2v) is 10.4. The van der Waals surface area contributed by atoms with Crippen molar-refractivity contribution in [2.75, 3.05) is 0 Å². The molecule has 1 aromatic heterocycles. The minimum Gasteiger partial charge on any atom is -0.349 e. The number of nitrogens with one attached hydrogen (secondary N) is 2. The standard InChI is InChI=1S/C21H28BrFN4O2/c1-12(28)26-20(2,3)4-5-27-18(22)16(11-24-27)19(29)25-17-14-6-13-7-15(17)10-21(23,8-13)9-14/h4-5,11,13-15,17H,6-10H2,1-3H3,(H,25,29)(H,26,28)/b5-4+. The highest BCUT2D eigenvalue weighted by Gasteiger charge is 2.56. The van der Waals surface area contributed by atoms with Crippen LogP contribution in [0.5, 0.6) is 0 Å². The maximum absolute atomic E-state index is 14.9. The Hall–Kier alpha value is -1.70. The molecule has 0 aliphatic heterocycles. The van der Waals surface area contributed by atoms with Crippen LogP contribution in [0.25, 0.3) is 6.20 Å². The van der Waals surface area contributed by atoms with Crippen molar-refractivity contribution in [3.63, 3.8) is 0 Å². The molecule has 4 aliphatic rings. The molecular weight excluding hydrogens is 439 g/mol. The summed E-state index contributed by atoms with van der Waals surface area (Å²) in [6.45, 7) is 5.22. The fourth-order valence-electron chi connectivity index (χ4n) is 5.75. The van der Waals surface area contributed by atoms with Crippen LogP contribution in [0.2, 0.25) is 0 Å². The van der Waals surface area contributed by atoms with Crippen molar-refractivity contribution in [1.82, 2.24) is 20.4 Å². The lowest BCUT2D eigenvalue weighted by Crippen LogP contribution is -2.60. The van der Waals surface area contributed by atoms with Crippen LogP contribution in [0.3, 0.4) is 0 Å². The molecule has 0 aromatic carbocycles. The molecule has 2 amide bonds. The van der Waals surface area contributed by atoms with E-state index in [4.69, 9.17) is 0 Å². The molecule has 0 radical (unpaired) electrons. The van der Waals surface area contributed by atoms with Crippen molar-refractivity contribution in [2.45, 2.75) is 70.1 Å². The quantitative estimate of drug-likeness (QED) is 0.694. The number of hydrogen-bond donors (Lipinski definition) is 2. The Morgan fingerprint density at radius 1 is 1.31 bits per heavy atom. The van der Waals surface area contributed by atoms with Crippen molar-refractivity contribution >= 4 is 33.9 Å². The van der Waals surface area contributed by atoms with Gasteiger partial charge in [-0.05, 0) is 85.7 Å². The molecule has 5 rings (SSSR count). The van der Waals surface area contributed by atoms with Gasteiger partial charge in [-0.25, -0.2) is 9.07 Å². The second kappa shape index (κ2) is 7.22. The molecule has 2 N–H and O–H groups in total. The maximum Gasteiger partial charge on any atom is 0.255 e. The molecule has 2 atom stereocenters. The lowest BCUT2D eigenvalue weighted by Gasteiger charge is -2.56. The molecule has 0 spiro atoms. The van der Waals surface area contributed by atoms with Gasteiger partial charge in [-0.3, -0.25) is 9.59 Å². The Bertz CT molecular complexity index is 849. The summed E-state index contributed by atoms with van der Waals surface area (Å²) in [7, 11) is 0. The third kappa shape index (κ3) is 4.13. The molecule has 4 bridgehead atoms. The van der Waals surface area contributed by atoms with Gasteiger partial charge >= 0.3 is 0 Å². The number of aromatic nitrogens is 2. The first-order chi connectivity index (χ1) is 13.6. The normalized spacial score (nSPS) is 33.3. The number of hydrogen-bond acceptors (Lipinski definition) is 3. The van der Waals surface area contributed by atoms with Gasteiger partial charge in [-0.1, -0.05) is 0 Å². The molecule has 1 heterocycles. The summed E-state index contributed by atoms with van der Waals surface area (Å²) in [6.07, 6.45) is 8.96. The van der Waals surface area contributed by atoms with Crippen LogP contribution in [0, 0.1) is 17.8 Å². The minimum absolute atomic E-state index is 0.0485. The maximum atomic E-state index is 14.9. The molecular formula is C21H28BrFN4O2. The van der Waals surface area contributed by atoms with Gasteiger partial charge in [0.25, 0.3) is 5.91 Å². The van der Waals surface area contributed by atoms with Crippen molar-refractivity contribution in [2.24, 2.45) is 17.8 Å². The monoisotopic (exact) mass is 466 g/mol. The van der Waals surface area contributed by atoms with Crippen LogP contribution in [-0.2, 0) is 4.79 Å². The van der Waals surface area contributed by atoms with E-state index in [9.17, 15) is 14.0 Å². The first-order valence-electron chi connectivity index (χ1n) is 10.3. The number of rotatable bonds is 5. The van der Waals surface area contributed by atoms with Crippen LogP contribution in [0.4, 0.5) is 4.39 Å². The Kier molecular flexibility index (Phi) is 5.12. The third-order valence-electron chi connectivity index (χ3n) is 6.61. The zero-order valence-electron chi connectivity index (χ0n) is 17.0. The van der Waals surface area contributed by atoms with Crippen LogP contribution in [-0.4, -0.2) is 38.8 Å². The van der Waals surface area contributed by atoms with E-state index < -0.39 is 11.2 Å². The van der Waals surface area contributed by atoms with Gasteiger partial charge < -0.3 is 10.6 Å². The number of amides is 2. The number of carbonyl (C=O) groups excluding carboxylic acids is 2. The lowest BCUT2D eigenvalue weighted by molar-refractivity contribution is -0.120. The summed E-state index contributed by atoms with van der Waals surface area (Å²) < 4.78 is 17.0. The average Bonchev–Trinajstić information content (AvgIpc) is 2.94. The topological polar surface area (TPSA) is 76.0 Å². The van der Waals surface area contributed by atoms with E-state index in [0.717, 1.165) is 12.8 Å². The molecule has 2 unspecified atom stereocenters. The van der Waals surface area contributed by atoms with Crippen molar-refractivity contribution in [1.29, 1.82) is 0 Å². The molecule has 4 aliphatic carbocycles. The van der Waals surface area contributed by atoms with Crippen LogP contribution in [0.1, 0.15) is 63.2 Å². The van der Waals surface area contributed by atoms with Gasteiger partial charge in [0.2, 0.25) is 5.91 Å². The van der Waals surface area contributed by atoms with Crippen molar-refractivity contribution in [3.05, 3.63) is 22.4 Å².